The Hall–Kier alpha value is -1.20. The zero-order valence-corrected chi connectivity index (χ0v) is 12.6. The van der Waals surface area contributed by atoms with Gasteiger partial charge in [0.25, 0.3) is 0 Å². The van der Waals surface area contributed by atoms with Gasteiger partial charge in [-0.15, -0.1) is 5.10 Å². The van der Waals surface area contributed by atoms with Crippen molar-refractivity contribution in [1.82, 2.24) is 15.5 Å². The van der Waals surface area contributed by atoms with E-state index in [-0.39, 0.29) is 6.10 Å². The van der Waals surface area contributed by atoms with E-state index < -0.39 is 0 Å². The second-order valence-electron chi connectivity index (χ2n) is 5.66. The van der Waals surface area contributed by atoms with Gasteiger partial charge in [0, 0.05) is 32.2 Å². The minimum atomic E-state index is 0.197. The van der Waals surface area contributed by atoms with Crippen LogP contribution in [0.4, 0.5) is 0 Å². The van der Waals surface area contributed by atoms with Crippen molar-refractivity contribution in [2.24, 2.45) is 0 Å². The summed E-state index contributed by atoms with van der Waals surface area (Å²) in [5, 5.41) is 11.7. The molecule has 1 aromatic heterocycles. The van der Waals surface area contributed by atoms with Crippen molar-refractivity contribution in [2.75, 3.05) is 7.11 Å². The molecular formula is C15H25N3O2. The first-order valence-electron chi connectivity index (χ1n) is 7.43. The number of rotatable bonds is 6. The highest BCUT2D eigenvalue weighted by Gasteiger charge is 2.23. The Morgan fingerprint density at radius 2 is 2.05 bits per heavy atom. The van der Waals surface area contributed by atoms with E-state index in [1.807, 2.05) is 12.1 Å². The molecule has 0 aliphatic heterocycles. The van der Waals surface area contributed by atoms with Gasteiger partial charge in [0.1, 0.15) is 6.10 Å². The highest BCUT2D eigenvalue weighted by molar-refractivity contribution is 5.12. The summed E-state index contributed by atoms with van der Waals surface area (Å²) in [7, 11) is 1.77. The minimum absolute atomic E-state index is 0.197. The van der Waals surface area contributed by atoms with Gasteiger partial charge >= 0.3 is 0 Å². The molecule has 0 spiro atoms. The number of methoxy groups -OCH3 is 1. The SMILES string of the molecule is COC1CCCC(Oc2ccc(CNC(C)C)nn2)C1. The van der Waals surface area contributed by atoms with Crippen LogP contribution in [0.25, 0.3) is 0 Å². The van der Waals surface area contributed by atoms with Gasteiger partial charge in [-0.2, -0.15) is 5.10 Å². The van der Waals surface area contributed by atoms with Crippen LogP contribution in [0, 0.1) is 0 Å². The average molecular weight is 279 g/mol. The van der Waals surface area contributed by atoms with Gasteiger partial charge < -0.3 is 14.8 Å². The van der Waals surface area contributed by atoms with Crippen molar-refractivity contribution < 1.29 is 9.47 Å². The molecule has 0 amide bonds. The van der Waals surface area contributed by atoms with Crippen LogP contribution < -0.4 is 10.1 Å². The molecule has 1 N–H and O–H groups in total. The molecule has 0 saturated heterocycles. The van der Waals surface area contributed by atoms with Crippen LogP contribution in [0.2, 0.25) is 0 Å². The molecule has 1 heterocycles. The highest BCUT2D eigenvalue weighted by atomic mass is 16.5. The number of nitrogens with one attached hydrogen (secondary N) is 1. The normalized spacial score (nSPS) is 23.0. The molecule has 1 fully saturated rings. The van der Waals surface area contributed by atoms with E-state index in [0.29, 0.717) is 18.0 Å². The Kier molecular flexibility index (Phi) is 5.73. The lowest BCUT2D eigenvalue weighted by atomic mass is 9.95. The molecule has 112 valence electrons. The largest absolute Gasteiger partial charge is 0.473 e. The summed E-state index contributed by atoms with van der Waals surface area (Å²) in [4.78, 5) is 0. The number of hydrogen-bond acceptors (Lipinski definition) is 5. The van der Waals surface area contributed by atoms with Gasteiger partial charge in [-0.05, 0) is 25.3 Å². The maximum atomic E-state index is 5.89. The summed E-state index contributed by atoms with van der Waals surface area (Å²) < 4.78 is 11.3. The first-order chi connectivity index (χ1) is 9.67. The fraction of sp³-hybridized carbons (Fsp3) is 0.733. The van der Waals surface area contributed by atoms with Crippen molar-refractivity contribution in [3.63, 3.8) is 0 Å². The molecule has 0 bridgehead atoms. The molecule has 2 unspecified atom stereocenters. The van der Waals surface area contributed by atoms with Crippen molar-refractivity contribution in [2.45, 2.75) is 64.3 Å². The summed E-state index contributed by atoms with van der Waals surface area (Å²) in [5.41, 5.74) is 0.935. The second-order valence-corrected chi connectivity index (χ2v) is 5.66. The van der Waals surface area contributed by atoms with Crippen LogP contribution in [-0.4, -0.2) is 35.6 Å². The number of ether oxygens (including phenoxy) is 2. The number of nitrogens with zero attached hydrogens (tertiary/aromatic N) is 2. The Morgan fingerprint density at radius 1 is 1.25 bits per heavy atom. The average Bonchev–Trinajstić information content (AvgIpc) is 2.47. The fourth-order valence-electron chi connectivity index (χ4n) is 2.41. The maximum Gasteiger partial charge on any atom is 0.233 e. The summed E-state index contributed by atoms with van der Waals surface area (Å²) in [6, 6.07) is 4.32. The maximum absolute atomic E-state index is 5.89. The molecular weight excluding hydrogens is 254 g/mol. The Labute approximate surface area is 121 Å². The zero-order chi connectivity index (χ0) is 14.4. The molecule has 20 heavy (non-hydrogen) atoms. The minimum Gasteiger partial charge on any atom is -0.473 e. The van der Waals surface area contributed by atoms with Gasteiger partial charge in [0.05, 0.1) is 11.8 Å². The first kappa shape index (κ1) is 15.2. The van der Waals surface area contributed by atoms with E-state index in [4.69, 9.17) is 9.47 Å². The van der Waals surface area contributed by atoms with E-state index >= 15 is 0 Å². The van der Waals surface area contributed by atoms with E-state index in [0.717, 1.165) is 37.9 Å². The third-order valence-corrected chi connectivity index (χ3v) is 3.59. The Balaban J connectivity index is 1.83. The van der Waals surface area contributed by atoms with Crippen LogP contribution in [0.15, 0.2) is 12.1 Å². The van der Waals surface area contributed by atoms with E-state index in [9.17, 15) is 0 Å². The fourth-order valence-corrected chi connectivity index (χ4v) is 2.41. The summed E-state index contributed by atoms with van der Waals surface area (Å²) in [5.74, 6) is 0.611. The van der Waals surface area contributed by atoms with Crippen molar-refractivity contribution >= 4 is 0 Å². The van der Waals surface area contributed by atoms with E-state index in [2.05, 4.69) is 29.4 Å². The van der Waals surface area contributed by atoms with Gasteiger partial charge in [0.2, 0.25) is 5.88 Å². The van der Waals surface area contributed by atoms with Crippen LogP contribution in [0.5, 0.6) is 5.88 Å². The predicted molar refractivity (Wildman–Crippen MR) is 77.7 cm³/mol. The van der Waals surface area contributed by atoms with Crippen LogP contribution in [-0.2, 0) is 11.3 Å². The van der Waals surface area contributed by atoms with Gasteiger partial charge in [-0.3, -0.25) is 0 Å². The smallest absolute Gasteiger partial charge is 0.233 e. The Morgan fingerprint density at radius 3 is 2.70 bits per heavy atom. The van der Waals surface area contributed by atoms with Crippen LogP contribution in [0.3, 0.4) is 0 Å². The van der Waals surface area contributed by atoms with Crippen molar-refractivity contribution in [3.05, 3.63) is 17.8 Å². The molecule has 2 rings (SSSR count). The lowest BCUT2D eigenvalue weighted by Crippen LogP contribution is -2.29. The van der Waals surface area contributed by atoms with Crippen LogP contribution in [0.1, 0.15) is 45.2 Å². The third-order valence-electron chi connectivity index (χ3n) is 3.59. The monoisotopic (exact) mass is 279 g/mol. The van der Waals surface area contributed by atoms with Crippen molar-refractivity contribution in [3.8, 4) is 5.88 Å². The van der Waals surface area contributed by atoms with E-state index in [1.54, 1.807) is 7.11 Å². The van der Waals surface area contributed by atoms with Crippen LogP contribution >= 0.6 is 0 Å². The molecule has 1 saturated carbocycles. The van der Waals surface area contributed by atoms with E-state index in [1.165, 1.54) is 0 Å². The van der Waals surface area contributed by atoms with Gasteiger partial charge in [-0.25, -0.2) is 0 Å². The summed E-state index contributed by atoms with van der Waals surface area (Å²) in [6.45, 7) is 4.96. The van der Waals surface area contributed by atoms with Gasteiger partial charge in [0.15, 0.2) is 0 Å². The number of hydrogen-bond donors (Lipinski definition) is 1. The summed E-state index contributed by atoms with van der Waals surface area (Å²) >= 11 is 0. The predicted octanol–water partition coefficient (Wildman–Crippen LogP) is 2.31. The topological polar surface area (TPSA) is 56.3 Å². The first-order valence-corrected chi connectivity index (χ1v) is 7.43. The Bertz CT molecular complexity index is 395. The molecule has 1 aliphatic rings. The molecule has 0 radical (unpaired) electrons. The molecule has 1 aromatic rings. The quantitative estimate of drug-likeness (QED) is 0.866. The lowest BCUT2D eigenvalue weighted by molar-refractivity contribution is 0.0192. The standard InChI is InChI=1S/C15H25N3O2/c1-11(2)16-10-12-7-8-15(18-17-12)20-14-6-4-5-13(9-14)19-3/h7-8,11,13-14,16H,4-6,9-10H2,1-3H3. The highest BCUT2D eigenvalue weighted by Crippen LogP contribution is 2.24. The molecule has 2 atom stereocenters. The lowest BCUT2D eigenvalue weighted by Gasteiger charge is -2.28. The van der Waals surface area contributed by atoms with Gasteiger partial charge in [-0.1, -0.05) is 13.8 Å². The third kappa shape index (κ3) is 4.72. The summed E-state index contributed by atoms with van der Waals surface area (Å²) in [6.07, 6.45) is 4.79. The second kappa shape index (κ2) is 7.55. The number of aromatic nitrogens is 2. The molecule has 1 aliphatic carbocycles. The molecule has 5 nitrogen and oxygen atoms in total. The molecule has 0 aromatic carbocycles. The van der Waals surface area contributed by atoms with Crippen molar-refractivity contribution in [1.29, 1.82) is 0 Å². The zero-order valence-electron chi connectivity index (χ0n) is 12.6. The molecule has 5 heteroatoms.